The van der Waals surface area contributed by atoms with E-state index in [-0.39, 0.29) is 11.6 Å². The van der Waals surface area contributed by atoms with Gasteiger partial charge in [0, 0.05) is 49.7 Å². The number of anilines is 1. The van der Waals surface area contributed by atoms with Gasteiger partial charge in [-0.15, -0.1) is 0 Å². The summed E-state index contributed by atoms with van der Waals surface area (Å²) in [5.41, 5.74) is 0.230. The van der Waals surface area contributed by atoms with E-state index in [4.69, 9.17) is 0 Å². The summed E-state index contributed by atoms with van der Waals surface area (Å²) in [6, 6.07) is 7.56. The van der Waals surface area contributed by atoms with E-state index in [1.807, 2.05) is 0 Å². The number of amides is 1. The first-order valence-corrected chi connectivity index (χ1v) is 8.18. The molecule has 0 aliphatic carbocycles. The zero-order valence-corrected chi connectivity index (χ0v) is 13.7. The Morgan fingerprint density at radius 2 is 1.96 bits per heavy atom. The Kier molecular flexibility index (Phi) is 5.17. The van der Waals surface area contributed by atoms with E-state index < -0.39 is 4.92 Å². The number of carbonyl (C=O) groups excluding carboxylic acids is 1. The lowest BCUT2D eigenvalue weighted by Crippen LogP contribution is -2.39. The third-order valence-electron chi connectivity index (χ3n) is 4.32. The second kappa shape index (κ2) is 7.69. The fourth-order valence-electron chi connectivity index (χ4n) is 2.89. The second-order valence-corrected chi connectivity index (χ2v) is 6.00. The Balaban J connectivity index is 1.49. The molecule has 0 unspecified atom stereocenters. The Morgan fingerprint density at radius 1 is 1.24 bits per heavy atom. The number of nitrogens with zero attached hydrogens (tertiary/aromatic N) is 4. The molecular weight excluding hydrogens is 322 g/mol. The average Bonchev–Trinajstić information content (AvgIpc) is 2.67. The van der Waals surface area contributed by atoms with Crippen LogP contribution in [0.4, 0.5) is 11.6 Å². The maximum absolute atomic E-state index is 12.2. The molecule has 1 aromatic heterocycles. The summed E-state index contributed by atoms with van der Waals surface area (Å²) in [5, 5.41) is 13.7. The first-order chi connectivity index (χ1) is 12.1. The number of hydrogen-bond donors (Lipinski definition) is 1. The van der Waals surface area contributed by atoms with Crippen molar-refractivity contribution in [1.82, 2.24) is 15.3 Å². The van der Waals surface area contributed by atoms with Gasteiger partial charge in [0.05, 0.1) is 4.92 Å². The van der Waals surface area contributed by atoms with Gasteiger partial charge in [-0.3, -0.25) is 14.9 Å². The number of non-ortho nitro benzene ring substituents is 1. The van der Waals surface area contributed by atoms with Gasteiger partial charge in [-0.25, -0.2) is 9.97 Å². The number of rotatable bonds is 5. The standard InChI is InChI=1S/C17H19N5O3/c23-16(14-3-1-4-15(11-14)22(24)25)20-12-13-5-9-21(10-6-13)17-18-7-2-8-19-17/h1-4,7-8,11,13H,5-6,9-10,12H2,(H,20,23). The van der Waals surface area contributed by atoms with E-state index in [2.05, 4.69) is 20.2 Å². The summed E-state index contributed by atoms with van der Waals surface area (Å²) < 4.78 is 0. The molecule has 1 aromatic carbocycles. The van der Waals surface area contributed by atoms with Gasteiger partial charge in [0.2, 0.25) is 5.95 Å². The molecule has 130 valence electrons. The summed E-state index contributed by atoms with van der Waals surface area (Å²) in [6.07, 6.45) is 5.34. The van der Waals surface area contributed by atoms with Crippen LogP contribution in [0.2, 0.25) is 0 Å². The molecule has 2 aromatic rings. The van der Waals surface area contributed by atoms with Crippen LogP contribution in [-0.4, -0.2) is 40.4 Å². The van der Waals surface area contributed by atoms with Crippen molar-refractivity contribution in [2.75, 3.05) is 24.5 Å². The highest BCUT2D eigenvalue weighted by Gasteiger charge is 2.21. The lowest BCUT2D eigenvalue weighted by atomic mass is 9.97. The van der Waals surface area contributed by atoms with Gasteiger partial charge in [-0.1, -0.05) is 6.07 Å². The largest absolute Gasteiger partial charge is 0.352 e. The molecule has 8 nitrogen and oxygen atoms in total. The second-order valence-electron chi connectivity index (χ2n) is 6.00. The zero-order chi connectivity index (χ0) is 17.6. The van der Waals surface area contributed by atoms with Crippen LogP contribution in [0.15, 0.2) is 42.7 Å². The zero-order valence-electron chi connectivity index (χ0n) is 13.7. The lowest BCUT2D eigenvalue weighted by Gasteiger charge is -2.31. The first kappa shape index (κ1) is 16.8. The summed E-state index contributed by atoms with van der Waals surface area (Å²) in [7, 11) is 0. The van der Waals surface area contributed by atoms with Crippen molar-refractivity contribution >= 4 is 17.5 Å². The van der Waals surface area contributed by atoms with Crippen LogP contribution >= 0.6 is 0 Å². The van der Waals surface area contributed by atoms with Crippen molar-refractivity contribution < 1.29 is 9.72 Å². The van der Waals surface area contributed by atoms with Crippen molar-refractivity contribution in [1.29, 1.82) is 0 Å². The molecule has 1 aliphatic heterocycles. The van der Waals surface area contributed by atoms with Crippen molar-refractivity contribution in [2.45, 2.75) is 12.8 Å². The molecule has 3 rings (SSSR count). The van der Waals surface area contributed by atoms with Crippen molar-refractivity contribution in [3.05, 3.63) is 58.4 Å². The molecule has 0 radical (unpaired) electrons. The van der Waals surface area contributed by atoms with Gasteiger partial charge in [0.1, 0.15) is 0 Å². The van der Waals surface area contributed by atoms with Crippen LogP contribution in [-0.2, 0) is 0 Å². The minimum absolute atomic E-state index is 0.0798. The maximum atomic E-state index is 12.2. The third-order valence-corrected chi connectivity index (χ3v) is 4.32. The SMILES string of the molecule is O=C(NCC1CCN(c2ncccn2)CC1)c1cccc([N+](=O)[O-])c1. The predicted octanol–water partition coefficient (Wildman–Crippen LogP) is 2.03. The third kappa shape index (κ3) is 4.28. The van der Waals surface area contributed by atoms with E-state index in [1.165, 1.54) is 18.2 Å². The molecule has 1 saturated heterocycles. The van der Waals surface area contributed by atoms with E-state index in [0.717, 1.165) is 31.9 Å². The van der Waals surface area contributed by atoms with Crippen LogP contribution in [0.5, 0.6) is 0 Å². The molecule has 0 spiro atoms. The number of benzene rings is 1. The summed E-state index contributed by atoms with van der Waals surface area (Å²) in [6.45, 7) is 2.26. The number of carbonyl (C=O) groups is 1. The van der Waals surface area contributed by atoms with Crippen LogP contribution in [0.25, 0.3) is 0 Å². The molecule has 2 heterocycles. The molecule has 25 heavy (non-hydrogen) atoms. The number of nitrogens with one attached hydrogen (secondary N) is 1. The first-order valence-electron chi connectivity index (χ1n) is 8.18. The van der Waals surface area contributed by atoms with Gasteiger partial charge in [0.15, 0.2) is 0 Å². The Labute approximate surface area is 145 Å². The minimum atomic E-state index is -0.502. The van der Waals surface area contributed by atoms with Gasteiger partial charge in [0.25, 0.3) is 11.6 Å². The summed E-state index contributed by atoms with van der Waals surface area (Å²) >= 11 is 0. The Bertz CT molecular complexity index is 745. The van der Waals surface area contributed by atoms with E-state index >= 15 is 0 Å². The Morgan fingerprint density at radius 3 is 2.64 bits per heavy atom. The number of piperidine rings is 1. The topological polar surface area (TPSA) is 101 Å². The van der Waals surface area contributed by atoms with E-state index in [0.29, 0.717) is 18.0 Å². The fraction of sp³-hybridized carbons (Fsp3) is 0.353. The maximum Gasteiger partial charge on any atom is 0.270 e. The summed E-state index contributed by atoms with van der Waals surface area (Å²) in [4.78, 5) is 33.1. The van der Waals surface area contributed by atoms with Crippen molar-refractivity contribution in [3.8, 4) is 0 Å². The quantitative estimate of drug-likeness (QED) is 0.659. The monoisotopic (exact) mass is 341 g/mol. The molecule has 0 saturated carbocycles. The van der Waals surface area contributed by atoms with E-state index in [9.17, 15) is 14.9 Å². The normalized spacial score (nSPS) is 15.0. The predicted molar refractivity (Wildman–Crippen MR) is 92.4 cm³/mol. The summed E-state index contributed by atoms with van der Waals surface area (Å²) in [5.74, 6) is 0.835. The number of hydrogen-bond acceptors (Lipinski definition) is 6. The molecule has 1 fully saturated rings. The highest BCUT2D eigenvalue weighted by Crippen LogP contribution is 2.20. The van der Waals surface area contributed by atoms with E-state index in [1.54, 1.807) is 24.5 Å². The molecule has 1 aliphatic rings. The number of nitro groups is 1. The fourth-order valence-corrected chi connectivity index (χ4v) is 2.89. The average molecular weight is 341 g/mol. The highest BCUT2D eigenvalue weighted by molar-refractivity contribution is 5.94. The van der Waals surface area contributed by atoms with Crippen LogP contribution in [0, 0.1) is 16.0 Å². The molecular formula is C17H19N5O3. The lowest BCUT2D eigenvalue weighted by molar-refractivity contribution is -0.384. The van der Waals surface area contributed by atoms with Gasteiger partial charge in [-0.05, 0) is 30.9 Å². The molecule has 1 amide bonds. The van der Waals surface area contributed by atoms with Crippen molar-refractivity contribution in [2.24, 2.45) is 5.92 Å². The molecule has 0 atom stereocenters. The molecule has 1 N–H and O–H groups in total. The van der Waals surface area contributed by atoms with Crippen molar-refractivity contribution in [3.63, 3.8) is 0 Å². The van der Waals surface area contributed by atoms with Gasteiger partial charge < -0.3 is 10.2 Å². The molecule has 8 heteroatoms. The minimum Gasteiger partial charge on any atom is -0.352 e. The highest BCUT2D eigenvalue weighted by atomic mass is 16.6. The molecule has 0 bridgehead atoms. The Hall–Kier alpha value is -3.03. The van der Waals surface area contributed by atoms with Gasteiger partial charge >= 0.3 is 0 Å². The van der Waals surface area contributed by atoms with Crippen LogP contribution in [0.3, 0.4) is 0 Å². The van der Waals surface area contributed by atoms with Crippen LogP contribution in [0.1, 0.15) is 23.2 Å². The number of nitro benzene ring substituents is 1. The smallest absolute Gasteiger partial charge is 0.270 e. The number of aromatic nitrogens is 2. The van der Waals surface area contributed by atoms with Gasteiger partial charge in [-0.2, -0.15) is 0 Å². The van der Waals surface area contributed by atoms with Crippen LogP contribution < -0.4 is 10.2 Å².